The Hall–Kier alpha value is -2.55. The van der Waals surface area contributed by atoms with Crippen LogP contribution in [-0.4, -0.2) is 6.21 Å². The van der Waals surface area contributed by atoms with Crippen LogP contribution >= 0.6 is 0 Å². The molecule has 0 fully saturated rings. The van der Waals surface area contributed by atoms with Crippen molar-refractivity contribution in [2.45, 2.75) is 0 Å². The van der Waals surface area contributed by atoms with Gasteiger partial charge in [-0.15, -0.1) is 0 Å². The van der Waals surface area contributed by atoms with Crippen molar-refractivity contribution >= 4 is 22.9 Å². The molecule has 0 radical (unpaired) electrons. The lowest BCUT2D eigenvalue weighted by molar-refractivity contribution is 0.615. The predicted octanol–water partition coefficient (Wildman–Crippen LogP) is 3.88. The van der Waals surface area contributed by atoms with Crippen LogP contribution in [-0.2, 0) is 0 Å². The molecular weight excluding hydrogens is 224 g/mol. The summed E-state index contributed by atoms with van der Waals surface area (Å²) in [5.41, 5.74) is 5.78. The van der Waals surface area contributed by atoms with E-state index in [0.29, 0.717) is 0 Å². The van der Waals surface area contributed by atoms with E-state index in [1.165, 1.54) is 0 Å². The number of para-hydroxylation sites is 2. The minimum absolute atomic E-state index is 0.874. The van der Waals surface area contributed by atoms with E-state index >= 15 is 0 Å². The van der Waals surface area contributed by atoms with Crippen molar-refractivity contribution in [2.75, 3.05) is 5.43 Å². The van der Waals surface area contributed by atoms with Crippen molar-refractivity contribution in [3.05, 3.63) is 66.4 Å². The Kier molecular flexibility index (Phi) is 2.80. The molecule has 0 saturated carbocycles. The summed E-state index contributed by atoms with van der Waals surface area (Å²) in [6.07, 6.45) is 3.47. The first-order valence-electron chi connectivity index (χ1n) is 5.74. The summed E-state index contributed by atoms with van der Waals surface area (Å²) in [6, 6.07) is 17.7. The molecule has 1 aromatic heterocycles. The van der Waals surface area contributed by atoms with E-state index in [2.05, 4.69) is 10.5 Å². The third-order valence-electron chi connectivity index (χ3n) is 2.68. The molecule has 0 aliphatic rings. The second-order valence-electron chi connectivity index (χ2n) is 3.92. The molecule has 0 spiro atoms. The highest BCUT2D eigenvalue weighted by Gasteiger charge is 2.01. The lowest BCUT2D eigenvalue weighted by atomic mass is 10.2. The summed E-state index contributed by atoms with van der Waals surface area (Å²) in [4.78, 5) is 0. The molecule has 0 aliphatic carbocycles. The SMILES string of the molecule is C(=N\Nc1ccccc1)/c1coc2ccccc12. The molecule has 2 aromatic carbocycles. The highest BCUT2D eigenvalue weighted by atomic mass is 16.3. The zero-order chi connectivity index (χ0) is 12.2. The number of hydrazone groups is 1. The van der Waals surface area contributed by atoms with Crippen molar-refractivity contribution in [3.63, 3.8) is 0 Å². The summed E-state index contributed by atoms with van der Waals surface area (Å²) >= 11 is 0. The molecule has 3 nitrogen and oxygen atoms in total. The lowest BCUT2D eigenvalue weighted by Crippen LogP contribution is -1.89. The van der Waals surface area contributed by atoms with E-state index in [1.54, 1.807) is 12.5 Å². The van der Waals surface area contributed by atoms with Crippen molar-refractivity contribution < 1.29 is 4.42 Å². The van der Waals surface area contributed by atoms with E-state index in [1.807, 2.05) is 54.6 Å². The van der Waals surface area contributed by atoms with Crippen molar-refractivity contribution in [3.8, 4) is 0 Å². The van der Waals surface area contributed by atoms with Crippen LogP contribution in [0.2, 0.25) is 0 Å². The van der Waals surface area contributed by atoms with Crippen LogP contribution in [0.25, 0.3) is 11.0 Å². The molecule has 3 rings (SSSR count). The van der Waals surface area contributed by atoms with Gasteiger partial charge in [-0.2, -0.15) is 5.10 Å². The fourth-order valence-electron chi connectivity index (χ4n) is 1.79. The number of benzene rings is 2. The third-order valence-corrected chi connectivity index (χ3v) is 2.68. The Morgan fingerprint density at radius 3 is 2.61 bits per heavy atom. The van der Waals surface area contributed by atoms with Crippen LogP contribution < -0.4 is 5.43 Å². The Labute approximate surface area is 105 Å². The molecule has 3 aromatic rings. The standard InChI is InChI=1S/C15H12N2O/c1-2-6-13(7-3-1)17-16-10-12-11-18-15-9-5-4-8-14(12)15/h1-11,17H/b16-10+. The van der Waals surface area contributed by atoms with Gasteiger partial charge >= 0.3 is 0 Å². The Morgan fingerprint density at radius 1 is 0.944 bits per heavy atom. The number of nitrogens with zero attached hydrogens (tertiary/aromatic N) is 1. The fourth-order valence-corrected chi connectivity index (χ4v) is 1.79. The maximum Gasteiger partial charge on any atom is 0.134 e. The van der Waals surface area contributed by atoms with Crippen LogP contribution in [0.15, 0.2) is 70.4 Å². The van der Waals surface area contributed by atoms with Gasteiger partial charge in [-0.05, 0) is 18.2 Å². The van der Waals surface area contributed by atoms with Crippen LogP contribution in [0.3, 0.4) is 0 Å². The highest BCUT2D eigenvalue weighted by molar-refractivity contribution is 5.97. The minimum atomic E-state index is 0.874. The average Bonchev–Trinajstić information content (AvgIpc) is 2.84. The molecule has 0 atom stereocenters. The molecule has 0 unspecified atom stereocenters. The van der Waals surface area contributed by atoms with Crippen LogP contribution in [0.1, 0.15) is 5.56 Å². The molecule has 1 heterocycles. The smallest absolute Gasteiger partial charge is 0.134 e. The van der Waals surface area contributed by atoms with Gasteiger partial charge in [-0.25, -0.2) is 0 Å². The van der Waals surface area contributed by atoms with Gasteiger partial charge in [0, 0.05) is 10.9 Å². The first-order chi connectivity index (χ1) is 8.93. The number of hydrogen-bond donors (Lipinski definition) is 1. The highest BCUT2D eigenvalue weighted by Crippen LogP contribution is 2.18. The van der Waals surface area contributed by atoms with Gasteiger partial charge in [0.15, 0.2) is 0 Å². The Morgan fingerprint density at radius 2 is 1.72 bits per heavy atom. The van der Waals surface area contributed by atoms with Gasteiger partial charge in [0.2, 0.25) is 0 Å². The van der Waals surface area contributed by atoms with E-state index in [9.17, 15) is 0 Å². The number of fused-ring (bicyclic) bond motifs is 1. The molecular formula is C15H12N2O. The number of nitrogens with one attached hydrogen (secondary N) is 1. The predicted molar refractivity (Wildman–Crippen MR) is 73.9 cm³/mol. The second kappa shape index (κ2) is 4.75. The molecule has 0 bridgehead atoms. The van der Waals surface area contributed by atoms with Crippen molar-refractivity contribution in [1.82, 2.24) is 0 Å². The van der Waals surface area contributed by atoms with Gasteiger partial charge in [0.25, 0.3) is 0 Å². The van der Waals surface area contributed by atoms with Gasteiger partial charge in [0.05, 0.1) is 11.9 Å². The van der Waals surface area contributed by atoms with Gasteiger partial charge in [-0.3, -0.25) is 5.43 Å². The van der Waals surface area contributed by atoms with Crippen LogP contribution in [0.4, 0.5) is 5.69 Å². The molecule has 0 amide bonds. The first-order valence-corrected chi connectivity index (χ1v) is 5.74. The number of furan rings is 1. The number of rotatable bonds is 3. The minimum Gasteiger partial charge on any atom is -0.464 e. The topological polar surface area (TPSA) is 37.5 Å². The third kappa shape index (κ3) is 2.11. The van der Waals surface area contributed by atoms with Gasteiger partial charge in [-0.1, -0.05) is 36.4 Å². The van der Waals surface area contributed by atoms with Gasteiger partial charge < -0.3 is 4.42 Å². The summed E-state index contributed by atoms with van der Waals surface area (Å²) in [7, 11) is 0. The monoisotopic (exact) mass is 236 g/mol. The number of anilines is 1. The quantitative estimate of drug-likeness (QED) is 0.553. The summed E-state index contributed by atoms with van der Waals surface area (Å²) < 4.78 is 5.43. The van der Waals surface area contributed by atoms with E-state index in [0.717, 1.165) is 22.2 Å². The lowest BCUT2D eigenvalue weighted by Gasteiger charge is -1.97. The average molecular weight is 236 g/mol. The van der Waals surface area contributed by atoms with Crippen LogP contribution in [0, 0.1) is 0 Å². The molecule has 88 valence electrons. The maximum absolute atomic E-state index is 5.43. The summed E-state index contributed by atoms with van der Waals surface area (Å²) in [6.45, 7) is 0. The van der Waals surface area contributed by atoms with Crippen molar-refractivity contribution in [2.24, 2.45) is 5.10 Å². The second-order valence-corrected chi connectivity index (χ2v) is 3.92. The zero-order valence-electron chi connectivity index (χ0n) is 9.71. The summed E-state index contributed by atoms with van der Waals surface area (Å²) in [5, 5.41) is 5.27. The summed E-state index contributed by atoms with van der Waals surface area (Å²) in [5.74, 6) is 0. The number of hydrogen-bond acceptors (Lipinski definition) is 3. The largest absolute Gasteiger partial charge is 0.464 e. The fraction of sp³-hybridized carbons (Fsp3) is 0. The Balaban J connectivity index is 1.80. The van der Waals surface area contributed by atoms with E-state index < -0.39 is 0 Å². The molecule has 3 heteroatoms. The zero-order valence-corrected chi connectivity index (χ0v) is 9.71. The molecule has 1 N–H and O–H groups in total. The normalized spacial score (nSPS) is 11.1. The molecule has 0 aliphatic heterocycles. The molecule has 18 heavy (non-hydrogen) atoms. The van der Waals surface area contributed by atoms with E-state index in [-0.39, 0.29) is 0 Å². The van der Waals surface area contributed by atoms with Gasteiger partial charge in [0.1, 0.15) is 11.8 Å². The van der Waals surface area contributed by atoms with Crippen molar-refractivity contribution in [1.29, 1.82) is 0 Å². The van der Waals surface area contributed by atoms with Crippen LogP contribution in [0.5, 0.6) is 0 Å². The van der Waals surface area contributed by atoms with E-state index in [4.69, 9.17) is 4.42 Å². The first kappa shape index (κ1) is 10.6. The molecule has 0 saturated heterocycles. The maximum atomic E-state index is 5.43. The Bertz CT molecular complexity index is 671.